The summed E-state index contributed by atoms with van der Waals surface area (Å²) < 4.78 is 0. The van der Waals surface area contributed by atoms with Gasteiger partial charge in [-0.1, -0.05) is 50.0 Å². The lowest BCUT2D eigenvalue weighted by atomic mass is 9.82. The summed E-state index contributed by atoms with van der Waals surface area (Å²) in [7, 11) is 1.96. The van der Waals surface area contributed by atoms with E-state index in [0.717, 1.165) is 0 Å². The van der Waals surface area contributed by atoms with Gasteiger partial charge in [0, 0.05) is 6.04 Å². The third-order valence-corrected chi connectivity index (χ3v) is 3.17. The molecule has 0 bridgehead atoms. The van der Waals surface area contributed by atoms with E-state index >= 15 is 0 Å². The van der Waals surface area contributed by atoms with E-state index in [0.29, 0.717) is 10.0 Å². The monoisotopic (exact) mass is 245 g/mol. The molecule has 1 unspecified atom stereocenters. The standard InChI is InChI=1S/C12H17Cl2N/c1-12(2,3)11(15-4)8-5-6-9(13)10(14)7-8/h5-7,11,15H,1-4H3. The molecule has 0 aromatic heterocycles. The van der Waals surface area contributed by atoms with Crippen molar-refractivity contribution in [2.24, 2.45) is 5.41 Å². The van der Waals surface area contributed by atoms with Crippen LogP contribution in [0.2, 0.25) is 10.0 Å². The molecule has 0 radical (unpaired) electrons. The van der Waals surface area contributed by atoms with Crippen molar-refractivity contribution < 1.29 is 0 Å². The van der Waals surface area contributed by atoms with Crippen molar-refractivity contribution in [3.05, 3.63) is 33.8 Å². The molecule has 0 spiro atoms. The average molecular weight is 246 g/mol. The molecule has 3 heteroatoms. The van der Waals surface area contributed by atoms with Crippen molar-refractivity contribution in [3.8, 4) is 0 Å². The zero-order chi connectivity index (χ0) is 11.6. The van der Waals surface area contributed by atoms with Crippen LogP contribution in [0.4, 0.5) is 0 Å². The van der Waals surface area contributed by atoms with E-state index in [2.05, 4.69) is 26.1 Å². The summed E-state index contributed by atoms with van der Waals surface area (Å²) >= 11 is 11.9. The fourth-order valence-electron chi connectivity index (χ4n) is 1.79. The highest BCUT2D eigenvalue weighted by Gasteiger charge is 2.24. The maximum Gasteiger partial charge on any atom is 0.0595 e. The van der Waals surface area contributed by atoms with Crippen LogP contribution in [0.1, 0.15) is 32.4 Å². The van der Waals surface area contributed by atoms with Gasteiger partial charge in [0.25, 0.3) is 0 Å². The van der Waals surface area contributed by atoms with Gasteiger partial charge in [-0.3, -0.25) is 0 Å². The van der Waals surface area contributed by atoms with Crippen LogP contribution in [0.15, 0.2) is 18.2 Å². The summed E-state index contributed by atoms with van der Waals surface area (Å²) in [6.07, 6.45) is 0. The minimum absolute atomic E-state index is 0.145. The van der Waals surface area contributed by atoms with Gasteiger partial charge in [-0.2, -0.15) is 0 Å². The first kappa shape index (κ1) is 12.8. The fourth-order valence-corrected chi connectivity index (χ4v) is 2.10. The van der Waals surface area contributed by atoms with E-state index in [1.807, 2.05) is 25.2 Å². The largest absolute Gasteiger partial charge is 0.313 e. The molecule has 0 amide bonds. The second-order valence-electron chi connectivity index (χ2n) is 4.76. The van der Waals surface area contributed by atoms with E-state index < -0.39 is 0 Å². The summed E-state index contributed by atoms with van der Waals surface area (Å²) in [5.74, 6) is 0. The van der Waals surface area contributed by atoms with Crippen LogP contribution in [0, 0.1) is 5.41 Å². The molecule has 0 aliphatic heterocycles. The second kappa shape index (κ2) is 4.73. The van der Waals surface area contributed by atoms with Crippen molar-refractivity contribution in [2.75, 3.05) is 7.05 Å². The molecule has 0 fully saturated rings. The van der Waals surface area contributed by atoms with Gasteiger partial charge in [-0.15, -0.1) is 0 Å². The number of nitrogens with one attached hydrogen (secondary N) is 1. The predicted octanol–water partition coefficient (Wildman–Crippen LogP) is 4.30. The van der Waals surface area contributed by atoms with Gasteiger partial charge in [0.1, 0.15) is 0 Å². The average Bonchev–Trinajstić information content (AvgIpc) is 2.10. The molecular formula is C12H17Cl2N. The van der Waals surface area contributed by atoms with E-state index in [-0.39, 0.29) is 11.5 Å². The van der Waals surface area contributed by atoms with Crippen LogP contribution in [0.3, 0.4) is 0 Å². The third kappa shape index (κ3) is 3.10. The van der Waals surface area contributed by atoms with Gasteiger partial charge in [0.05, 0.1) is 10.0 Å². The summed E-state index contributed by atoms with van der Waals surface area (Å²) in [5, 5.41) is 4.51. The molecule has 1 rings (SSSR count). The Morgan fingerprint density at radius 3 is 2.13 bits per heavy atom. The molecule has 0 heterocycles. The first-order chi connectivity index (χ1) is 6.86. The Bertz CT molecular complexity index is 342. The van der Waals surface area contributed by atoms with Crippen LogP contribution in [0.5, 0.6) is 0 Å². The number of rotatable bonds is 2. The molecule has 0 aliphatic rings. The third-order valence-electron chi connectivity index (χ3n) is 2.43. The normalized spacial score (nSPS) is 14.0. The van der Waals surface area contributed by atoms with Crippen molar-refractivity contribution in [1.29, 1.82) is 0 Å². The quantitative estimate of drug-likeness (QED) is 0.820. The van der Waals surface area contributed by atoms with Gasteiger partial charge < -0.3 is 5.32 Å². The number of hydrogen-bond acceptors (Lipinski definition) is 1. The molecule has 1 aromatic carbocycles. The second-order valence-corrected chi connectivity index (χ2v) is 5.58. The van der Waals surface area contributed by atoms with Crippen LogP contribution >= 0.6 is 23.2 Å². The highest BCUT2D eigenvalue weighted by Crippen LogP contribution is 2.34. The summed E-state index contributed by atoms with van der Waals surface area (Å²) in [6, 6.07) is 6.05. The minimum Gasteiger partial charge on any atom is -0.313 e. The van der Waals surface area contributed by atoms with Crippen LogP contribution in [-0.2, 0) is 0 Å². The highest BCUT2D eigenvalue weighted by atomic mass is 35.5. The Hall–Kier alpha value is -0.240. The molecule has 0 saturated carbocycles. The van der Waals surface area contributed by atoms with E-state index in [9.17, 15) is 0 Å². The van der Waals surface area contributed by atoms with Crippen molar-refractivity contribution in [3.63, 3.8) is 0 Å². The van der Waals surface area contributed by atoms with Crippen molar-refractivity contribution in [2.45, 2.75) is 26.8 Å². The first-order valence-corrected chi connectivity index (χ1v) is 5.74. The minimum atomic E-state index is 0.145. The Labute approximate surface area is 102 Å². The van der Waals surface area contributed by atoms with Crippen molar-refractivity contribution in [1.82, 2.24) is 5.32 Å². The van der Waals surface area contributed by atoms with Crippen molar-refractivity contribution >= 4 is 23.2 Å². The van der Waals surface area contributed by atoms with Gasteiger partial charge in [-0.25, -0.2) is 0 Å². The summed E-state index contributed by atoms with van der Waals surface area (Å²) in [4.78, 5) is 0. The fraction of sp³-hybridized carbons (Fsp3) is 0.500. The van der Waals surface area contributed by atoms with Gasteiger partial charge in [0.15, 0.2) is 0 Å². The molecular weight excluding hydrogens is 229 g/mol. The highest BCUT2D eigenvalue weighted by molar-refractivity contribution is 6.42. The topological polar surface area (TPSA) is 12.0 Å². The Balaban J connectivity index is 3.08. The van der Waals surface area contributed by atoms with E-state index in [1.54, 1.807) is 0 Å². The summed E-state index contributed by atoms with van der Waals surface area (Å²) in [5.41, 5.74) is 1.31. The summed E-state index contributed by atoms with van der Waals surface area (Å²) in [6.45, 7) is 6.57. The number of hydrogen-bond donors (Lipinski definition) is 1. The smallest absolute Gasteiger partial charge is 0.0595 e. The maximum absolute atomic E-state index is 6.01. The molecule has 84 valence electrons. The Morgan fingerprint density at radius 2 is 1.73 bits per heavy atom. The molecule has 1 atom stereocenters. The zero-order valence-corrected chi connectivity index (χ0v) is 11.1. The maximum atomic E-state index is 6.01. The number of halogens is 2. The number of benzene rings is 1. The molecule has 1 nitrogen and oxygen atoms in total. The zero-order valence-electron chi connectivity index (χ0n) is 9.57. The van der Waals surface area contributed by atoms with E-state index in [4.69, 9.17) is 23.2 Å². The van der Waals surface area contributed by atoms with Crippen LogP contribution in [0.25, 0.3) is 0 Å². The van der Waals surface area contributed by atoms with Gasteiger partial charge >= 0.3 is 0 Å². The molecule has 1 aromatic rings. The molecule has 0 saturated heterocycles. The van der Waals surface area contributed by atoms with Gasteiger partial charge in [-0.05, 0) is 30.2 Å². The lowest BCUT2D eigenvalue weighted by molar-refractivity contribution is 0.287. The first-order valence-electron chi connectivity index (χ1n) is 4.98. The Morgan fingerprint density at radius 1 is 1.13 bits per heavy atom. The predicted molar refractivity (Wildman–Crippen MR) is 67.7 cm³/mol. The Kier molecular flexibility index (Phi) is 4.05. The molecule has 0 aliphatic carbocycles. The molecule has 15 heavy (non-hydrogen) atoms. The lowest BCUT2D eigenvalue weighted by Crippen LogP contribution is -2.29. The SMILES string of the molecule is CNC(c1ccc(Cl)c(Cl)c1)C(C)(C)C. The van der Waals surface area contributed by atoms with Gasteiger partial charge in [0.2, 0.25) is 0 Å². The van der Waals surface area contributed by atoms with E-state index in [1.165, 1.54) is 5.56 Å². The van der Waals surface area contributed by atoms with Crippen LogP contribution < -0.4 is 5.32 Å². The lowest BCUT2D eigenvalue weighted by Gasteiger charge is -2.31. The van der Waals surface area contributed by atoms with Crippen LogP contribution in [-0.4, -0.2) is 7.05 Å². The molecule has 1 N–H and O–H groups in total.